The highest BCUT2D eigenvalue weighted by Gasteiger charge is 2.06. The summed E-state index contributed by atoms with van der Waals surface area (Å²) >= 11 is 0. The Kier molecular flexibility index (Phi) is 4.10. The van der Waals surface area contributed by atoms with Crippen molar-refractivity contribution in [3.05, 3.63) is 53.7 Å². The number of hydrogen-bond donors (Lipinski definition) is 0. The molecular weight excluding hydrogens is 246 g/mol. The third-order valence-electron chi connectivity index (χ3n) is 2.55. The average Bonchev–Trinajstić information content (AvgIpc) is 2.39. The van der Waals surface area contributed by atoms with Gasteiger partial charge >= 0.3 is 0 Å². The molecule has 0 saturated heterocycles. The summed E-state index contributed by atoms with van der Waals surface area (Å²) in [5.74, 6) is 0.952. The molecule has 0 fully saturated rings. The maximum Gasteiger partial charge on any atom is 0.213 e. The van der Waals surface area contributed by atoms with Gasteiger partial charge in [0.05, 0.1) is 29.4 Å². The van der Waals surface area contributed by atoms with E-state index in [-0.39, 0.29) is 0 Å². The van der Waals surface area contributed by atoms with Crippen LogP contribution in [0, 0.1) is 6.92 Å². The number of aryl methyl sites for hydroxylation is 1. The number of benzene rings is 1. The summed E-state index contributed by atoms with van der Waals surface area (Å²) in [6, 6.07) is 13.2. The number of rotatable bonds is 4. The monoisotopic (exact) mass is 261 g/mol. The van der Waals surface area contributed by atoms with Crippen molar-refractivity contribution >= 4 is 10.8 Å². The molecule has 0 aliphatic rings. The lowest BCUT2D eigenvalue weighted by atomic mass is 10.2. The largest absolute Gasteiger partial charge is 0.481 e. The van der Waals surface area contributed by atoms with Gasteiger partial charge < -0.3 is 4.74 Å². The highest BCUT2D eigenvalue weighted by molar-refractivity contribution is 7.84. The molecule has 1 heterocycles. The Morgan fingerprint density at radius 3 is 2.56 bits per heavy atom. The van der Waals surface area contributed by atoms with Crippen molar-refractivity contribution < 1.29 is 8.95 Å². The predicted molar refractivity (Wildman–Crippen MR) is 72.1 cm³/mol. The van der Waals surface area contributed by atoms with Gasteiger partial charge in [0.2, 0.25) is 5.88 Å². The first-order valence-electron chi connectivity index (χ1n) is 5.64. The zero-order valence-electron chi connectivity index (χ0n) is 10.4. The van der Waals surface area contributed by atoms with E-state index in [9.17, 15) is 4.21 Å². The van der Waals surface area contributed by atoms with Crippen LogP contribution in [-0.2, 0) is 16.6 Å². The Morgan fingerprint density at radius 1 is 1.17 bits per heavy atom. The molecule has 2 aromatic rings. The molecule has 1 aromatic carbocycles. The van der Waals surface area contributed by atoms with Crippen molar-refractivity contribution in [1.29, 1.82) is 0 Å². The summed E-state index contributed by atoms with van der Waals surface area (Å²) in [4.78, 5) is 5.08. The third kappa shape index (κ3) is 3.17. The zero-order chi connectivity index (χ0) is 13.0. The molecule has 4 heteroatoms. The van der Waals surface area contributed by atoms with Gasteiger partial charge in [-0.25, -0.2) is 4.98 Å². The van der Waals surface area contributed by atoms with Crippen LogP contribution >= 0.6 is 0 Å². The topological polar surface area (TPSA) is 39.2 Å². The van der Waals surface area contributed by atoms with Crippen LogP contribution in [0.15, 0.2) is 47.4 Å². The van der Waals surface area contributed by atoms with E-state index in [0.29, 0.717) is 11.6 Å². The summed E-state index contributed by atoms with van der Waals surface area (Å²) in [6.07, 6.45) is 0. The molecular formula is C14H15NO2S. The second-order valence-electron chi connectivity index (χ2n) is 3.97. The first kappa shape index (κ1) is 12.8. The second-order valence-corrected chi connectivity index (χ2v) is 5.43. The van der Waals surface area contributed by atoms with Crippen LogP contribution in [0.4, 0.5) is 0 Å². The fourth-order valence-electron chi connectivity index (χ4n) is 1.56. The van der Waals surface area contributed by atoms with E-state index in [4.69, 9.17) is 4.74 Å². The quantitative estimate of drug-likeness (QED) is 0.849. The van der Waals surface area contributed by atoms with Crippen LogP contribution in [-0.4, -0.2) is 16.3 Å². The fourth-order valence-corrected chi connectivity index (χ4v) is 2.60. The van der Waals surface area contributed by atoms with Gasteiger partial charge in [-0.2, -0.15) is 0 Å². The lowest BCUT2D eigenvalue weighted by Gasteiger charge is -2.04. The van der Waals surface area contributed by atoms with Gasteiger partial charge in [0.1, 0.15) is 0 Å². The Labute approximate surface area is 109 Å². The fraction of sp³-hybridized carbons (Fsp3) is 0.214. The summed E-state index contributed by atoms with van der Waals surface area (Å²) in [5, 5.41) is 0. The van der Waals surface area contributed by atoms with Crippen molar-refractivity contribution in [2.75, 3.05) is 7.11 Å². The first-order chi connectivity index (χ1) is 8.69. The van der Waals surface area contributed by atoms with Gasteiger partial charge in [-0.15, -0.1) is 0 Å². The summed E-state index contributed by atoms with van der Waals surface area (Å²) in [6.45, 7) is 2.01. The number of methoxy groups -OCH3 is 1. The van der Waals surface area contributed by atoms with E-state index in [1.165, 1.54) is 0 Å². The number of hydrogen-bond acceptors (Lipinski definition) is 3. The van der Waals surface area contributed by atoms with Crippen molar-refractivity contribution in [1.82, 2.24) is 4.98 Å². The standard InChI is InChI=1S/C14H15NO2S/c1-11-6-8-13(9-7-11)18(16)10-12-4-3-5-14(15-12)17-2/h3-9H,10H2,1-2H3. The molecule has 0 bridgehead atoms. The minimum Gasteiger partial charge on any atom is -0.481 e. The molecule has 3 nitrogen and oxygen atoms in total. The summed E-state index contributed by atoms with van der Waals surface area (Å²) in [7, 11) is 0.502. The number of nitrogens with zero attached hydrogens (tertiary/aromatic N) is 1. The van der Waals surface area contributed by atoms with E-state index in [1.54, 1.807) is 13.2 Å². The van der Waals surface area contributed by atoms with Crippen LogP contribution in [0.3, 0.4) is 0 Å². The Hall–Kier alpha value is -1.68. The molecule has 0 spiro atoms. The van der Waals surface area contributed by atoms with Crippen LogP contribution in [0.5, 0.6) is 5.88 Å². The van der Waals surface area contributed by atoms with E-state index in [0.717, 1.165) is 16.2 Å². The van der Waals surface area contributed by atoms with Crippen molar-refractivity contribution in [3.63, 3.8) is 0 Å². The third-order valence-corrected chi connectivity index (χ3v) is 3.91. The highest BCUT2D eigenvalue weighted by atomic mass is 32.2. The minimum absolute atomic E-state index is 0.403. The maximum absolute atomic E-state index is 12.2. The van der Waals surface area contributed by atoms with Gasteiger partial charge in [-0.1, -0.05) is 23.8 Å². The van der Waals surface area contributed by atoms with Crippen molar-refractivity contribution in [3.8, 4) is 5.88 Å². The van der Waals surface area contributed by atoms with Crippen LogP contribution in [0.25, 0.3) is 0 Å². The molecule has 18 heavy (non-hydrogen) atoms. The molecule has 0 aliphatic carbocycles. The number of ether oxygens (including phenoxy) is 1. The Balaban J connectivity index is 2.13. The van der Waals surface area contributed by atoms with Crippen molar-refractivity contribution in [2.45, 2.75) is 17.6 Å². The molecule has 1 atom stereocenters. The summed E-state index contributed by atoms with van der Waals surface area (Å²) < 4.78 is 17.2. The van der Waals surface area contributed by atoms with Gasteiger partial charge in [-0.05, 0) is 25.1 Å². The molecule has 2 rings (SSSR count). The normalized spacial score (nSPS) is 12.1. The number of pyridine rings is 1. The van der Waals surface area contributed by atoms with E-state index in [1.807, 2.05) is 43.3 Å². The smallest absolute Gasteiger partial charge is 0.213 e. The Bertz CT molecular complexity index is 552. The van der Waals surface area contributed by atoms with E-state index in [2.05, 4.69) is 4.98 Å². The average molecular weight is 261 g/mol. The van der Waals surface area contributed by atoms with Gasteiger partial charge in [0.15, 0.2) is 0 Å². The lowest BCUT2D eigenvalue weighted by molar-refractivity contribution is 0.397. The molecule has 94 valence electrons. The minimum atomic E-state index is -1.07. The van der Waals surface area contributed by atoms with Crippen LogP contribution in [0.1, 0.15) is 11.3 Å². The molecule has 0 aliphatic heterocycles. The van der Waals surface area contributed by atoms with E-state index >= 15 is 0 Å². The predicted octanol–water partition coefficient (Wildman–Crippen LogP) is 2.71. The first-order valence-corrected chi connectivity index (χ1v) is 6.96. The molecule has 0 saturated carbocycles. The molecule has 0 N–H and O–H groups in total. The molecule has 1 aromatic heterocycles. The highest BCUT2D eigenvalue weighted by Crippen LogP contribution is 2.14. The lowest BCUT2D eigenvalue weighted by Crippen LogP contribution is -2.00. The molecule has 1 unspecified atom stereocenters. The summed E-state index contributed by atoms with van der Waals surface area (Å²) in [5.41, 5.74) is 1.93. The van der Waals surface area contributed by atoms with Gasteiger partial charge in [0, 0.05) is 11.0 Å². The van der Waals surface area contributed by atoms with Crippen LogP contribution < -0.4 is 4.74 Å². The second kappa shape index (κ2) is 5.78. The van der Waals surface area contributed by atoms with Crippen molar-refractivity contribution in [2.24, 2.45) is 0 Å². The molecule has 0 amide bonds. The zero-order valence-corrected chi connectivity index (χ0v) is 11.2. The van der Waals surface area contributed by atoms with E-state index < -0.39 is 10.8 Å². The Morgan fingerprint density at radius 2 is 1.89 bits per heavy atom. The molecule has 0 radical (unpaired) electrons. The maximum atomic E-state index is 12.2. The van der Waals surface area contributed by atoms with Gasteiger partial charge in [0.25, 0.3) is 0 Å². The van der Waals surface area contributed by atoms with Crippen LogP contribution in [0.2, 0.25) is 0 Å². The SMILES string of the molecule is COc1cccc(CS(=O)c2ccc(C)cc2)n1. The van der Waals surface area contributed by atoms with Gasteiger partial charge in [-0.3, -0.25) is 4.21 Å². The number of aromatic nitrogens is 1.